The van der Waals surface area contributed by atoms with Crippen LogP contribution in [-0.4, -0.2) is 36.8 Å². The summed E-state index contributed by atoms with van der Waals surface area (Å²) in [5.41, 5.74) is 1.16. The molecule has 4 rings (SSSR count). The zero-order valence-corrected chi connectivity index (χ0v) is 16.4. The summed E-state index contributed by atoms with van der Waals surface area (Å²) in [7, 11) is -3.17. The maximum Gasteiger partial charge on any atom is 0.290 e. The molecule has 2 heterocycles. The number of hydrogen-bond acceptors (Lipinski definition) is 4. The number of benzene rings is 2. The SMILES string of the molecule is O=C(c1ccc(-c2ccccc2F)o1)N(Cc1ccccc1)[C@@H]1CCS(=O)(=O)C1. The predicted octanol–water partition coefficient (Wildman–Crippen LogP) is 3.92. The lowest BCUT2D eigenvalue weighted by Crippen LogP contribution is -2.40. The third-order valence-corrected chi connectivity index (χ3v) is 6.81. The van der Waals surface area contributed by atoms with Gasteiger partial charge in [0.1, 0.15) is 11.6 Å². The summed E-state index contributed by atoms with van der Waals surface area (Å²) in [5.74, 6) is -0.530. The van der Waals surface area contributed by atoms with Crippen LogP contribution in [0.25, 0.3) is 11.3 Å². The first-order valence-electron chi connectivity index (χ1n) is 9.33. The second kappa shape index (κ2) is 7.83. The fourth-order valence-corrected chi connectivity index (χ4v) is 5.30. The van der Waals surface area contributed by atoms with Gasteiger partial charge in [0.25, 0.3) is 5.91 Å². The summed E-state index contributed by atoms with van der Waals surface area (Å²) in [6.07, 6.45) is 0.391. The number of carbonyl (C=O) groups excluding carboxylic acids is 1. The number of sulfone groups is 1. The molecule has 7 heteroatoms. The van der Waals surface area contributed by atoms with E-state index in [1.54, 1.807) is 29.2 Å². The molecule has 0 saturated carbocycles. The average molecular weight is 413 g/mol. The Bertz CT molecular complexity index is 1120. The van der Waals surface area contributed by atoms with Crippen LogP contribution in [-0.2, 0) is 16.4 Å². The van der Waals surface area contributed by atoms with E-state index in [1.165, 1.54) is 12.1 Å². The van der Waals surface area contributed by atoms with Crippen LogP contribution in [0, 0.1) is 5.82 Å². The van der Waals surface area contributed by atoms with Crippen LogP contribution in [0.4, 0.5) is 4.39 Å². The fraction of sp³-hybridized carbons (Fsp3) is 0.227. The average Bonchev–Trinajstić information content (AvgIpc) is 3.33. The number of rotatable bonds is 5. The van der Waals surface area contributed by atoms with Crippen molar-refractivity contribution < 1.29 is 22.0 Å². The number of furan rings is 1. The molecule has 1 aliphatic rings. The van der Waals surface area contributed by atoms with Crippen LogP contribution in [0.1, 0.15) is 22.5 Å². The fourth-order valence-electron chi connectivity index (χ4n) is 3.57. The van der Waals surface area contributed by atoms with Gasteiger partial charge in [-0.15, -0.1) is 0 Å². The van der Waals surface area contributed by atoms with E-state index in [9.17, 15) is 17.6 Å². The minimum absolute atomic E-state index is 0.0588. The van der Waals surface area contributed by atoms with Crippen LogP contribution < -0.4 is 0 Å². The third kappa shape index (κ3) is 4.24. The highest BCUT2D eigenvalue weighted by Crippen LogP contribution is 2.27. The number of hydrogen-bond donors (Lipinski definition) is 0. The Kier molecular flexibility index (Phi) is 5.24. The smallest absolute Gasteiger partial charge is 0.290 e. The zero-order valence-electron chi connectivity index (χ0n) is 15.6. The van der Waals surface area contributed by atoms with Crippen molar-refractivity contribution in [3.8, 4) is 11.3 Å². The van der Waals surface area contributed by atoms with Gasteiger partial charge in [-0.2, -0.15) is 0 Å². The molecule has 2 aromatic carbocycles. The Hall–Kier alpha value is -2.93. The van der Waals surface area contributed by atoms with Gasteiger partial charge < -0.3 is 9.32 Å². The van der Waals surface area contributed by atoms with Crippen LogP contribution in [0.3, 0.4) is 0 Å². The molecule has 1 atom stereocenters. The Labute approximate surface area is 168 Å². The maximum atomic E-state index is 14.0. The Balaban J connectivity index is 1.64. The standard InChI is InChI=1S/C22H20FNO4S/c23-19-9-5-4-8-18(19)20-10-11-21(28-20)22(25)24(14-16-6-2-1-3-7-16)17-12-13-29(26,27)15-17/h1-11,17H,12-15H2/t17-/m1/s1. The number of nitrogens with zero attached hydrogens (tertiary/aromatic N) is 1. The van der Waals surface area contributed by atoms with E-state index in [-0.39, 0.29) is 35.1 Å². The van der Waals surface area contributed by atoms with Gasteiger partial charge in [-0.3, -0.25) is 4.79 Å². The van der Waals surface area contributed by atoms with Gasteiger partial charge in [0.15, 0.2) is 15.6 Å². The van der Waals surface area contributed by atoms with Crippen molar-refractivity contribution in [2.45, 2.75) is 19.0 Å². The topological polar surface area (TPSA) is 67.6 Å². The van der Waals surface area contributed by atoms with Gasteiger partial charge in [0, 0.05) is 12.6 Å². The Morgan fingerprint density at radius 3 is 2.45 bits per heavy atom. The van der Waals surface area contributed by atoms with Crippen LogP contribution in [0.5, 0.6) is 0 Å². The molecule has 5 nitrogen and oxygen atoms in total. The first kappa shape index (κ1) is 19.4. The highest BCUT2D eigenvalue weighted by Gasteiger charge is 2.36. The molecule has 1 amide bonds. The van der Waals surface area contributed by atoms with Crippen molar-refractivity contribution in [3.63, 3.8) is 0 Å². The molecule has 3 aromatic rings. The largest absolute Gasteiger partial charge is 0.451 e. The van der Waals surface area contributed by atoms with Crippen molar-refractivity contribution in [2.75, 3.05) is 11.5 Å². The number of amides is 1. The van der Waals surface area contributed by atoms with E-state index in [0.717, 1.165) is 5.56 Å². The predicted molar refractivity (Wildman–Crippen MR) is 107 cm³/mol. The normalized spacial score (nSPS) is 17.9. The molecule has 0 bridgehead atoms. The summed E-state index contributed by atoms with van der Waals surface area (Å²) >= 11 is 0. The minimum atomic E-state index is -3.17. The van der Waals surface area contributed by atoms with Gasteiger partial charge in [0.2, 0.25) is 0 Å². The van der Waals surface area contributed by atoms with Crippen molar-refractivity contribution in [2.24, 2.45) is 0 Å². The summed E-state index contributed by atoms with van der Waals surface area (Å²) in [4.78, 5) is 14.8. The molecule has 150 valence electrons. The molecule has 1 aromatic heterocycles. The monoisotopic (exact) mass is 413 g/mol. The lowest BCUT2D eigenvalue weighted by atomic mass is 10.1. The number of halogens is 1. The van der Waals surface area contributed by atoms with E-state index < -0.39 is 27.6 Å². The van der Waals surface area contributed by atoms with E-state index in [2.05, 4.69) is 0 Å². The zero-order chi connectivity index (χ0) is 20.4. The van der Waals surface area contributed by atoms with Crippen LogP contribution >= 0.6 is 0 Å². The molecular weight excluding hydrogens is 393 g/mol. The van der Waals surface area contributed by atoms with Crippen molar-refractivity contribution in [1.82, 2.24) is 4.90 Å². The van der Waals surface area contributed by atoms with Crippen molar-refractivity contribution >= 4 is 15.7 Å². The molecule has 1 fully saturated rings. The first-order valence-corrected chi connectivity index (χ1v) is 11.2. The number of carbonyl (C=O) groups is 1. The summed E-state index contributed by atoms with van der Waals surface area (Å²) in [5, 5.41) is 0. The highest BCUT2D eigenvalue weighted by molar-refractivity contribution is 7.91. The molecule has 0 aliphatic carbocycles. The highest BCUT2D eigenvalue weighted by atomic mass is 32.2. The molecule has 0 N–H and O–H groups in total. The van der Waals surface area contributed by atoms with Gasteiger partial charge >= 0.3 is 0 Å². The first-order chi connectivity index (χ1) is 13.9. The second-order valence-electron chi connectivity index (χ2n) is 7.12. The molecule has 1 aliphatic heterocycles. The summed E-state index contributed by atoms with van der Waals surface area (Å²) < 4.78 is 43.7. The second-order valence-corrected chi connectivity index (χ2v) is 9.35. The molecule has 0 spiro atoms. The molecule has 1 saturated heterocycles. The molecule has 29 heavy (non-hydrogen) atoms. The van der Waals surface area contributed by atoms with E-state index in [0.29, 0.717) is 6.42 Å². The molecule has 0 radical (unpaired) electrons. The van der Waals surface area contributed by atoms with E-state index >= 15 is 0 Å². The van der Waals surface area contributed by atoms with Crippen molar-refractivity contribution in [3.05, 3.63) is 83.9 Å². The van der Waals surface area contributed by atoms with Gasteiger partial charge in [-0.1, -0.05) is 42.5 Å². The quantitative estimate of drug-likeness (QED) is 0.636. The van der Waals surface area contributed by atoms with Gasteiger partial charge in [0.05, 0.1) is 17.1 Å². The van der Waals surface area contributed by atoms with Crippen LogP contribution in [0.2, 0.25) is 0 Å². The summed E-state index contributed by atoms with van der Waals surface area (Å²) in [6, 6.07) is 18.2. The maximum absolute atomic E-state index is 14.0. The lowest BCUT2D eigenvalue weighted by Gasteiger charge is -2.27. The minimum Gasteiger partial charge on any atom is -0.451 e. The van der Waals surface area contributed by atoms with Gasteiger partial charge in [-0.05, 0) is 36.2 Å². The third-order valence-electron chi connectivity index (χ3n) is 5.06. The van der Waals surface area contributed by atoms with Gasteiger partial charge in [-0.25, -0.2) is 12.8 Å². The molecular formula is C22H20FNO4S. The van der Waals surface area contributed by atoms with E-state index in [4.69, 9.17) is 4.42 Å². The Morgan fingerprint density at radius 1 is 1.03 bits per heavy atom. The summed E-state index contributed by atoms with van der Waals surface area (Å²) in [6.45, 7) is 0.273. The Morgan fingerprint density at radius 2 is 1.76 bits per heavy atom. The molecule has 0 unspecified atom stereocenters. The van der Waals surface area contributed by atoms with E-state index in [1.807, 2.05) is 30.3 Å². The lowest BCUT2D eigenvalue weighted by molar-refractivity contribution is 0.0649. The van der Waals surface area contributed by atoms with Crippen molar-refractivity contribution in [1.29, 1.82) is 0 Å². The van der Waals surface area contributed by atoms with Crippen LogP contribution in [0.15, 0.2) is 71.1 Å².